The number of aromatic nitrogens is 1. The molecule has 0 saturated heterocycles. The fourth-order valence-electron chi connectivity index (χ4n) is 1.29. The highest BCUT2D eigenvalue weighted by atomic mass is 32.2. The highest BCUT2D eigenvalue weighted by Gasteiger charge is 2.23. The summed E-state index contributed by atoms with van der Waals surface area (Å²) in [5.74, 6) is -1.01. The van der Waals surface area contributed by atoms with E-state index in [0.29, 0.717) is 0 Å². The van der Waals surface area contributed by atoms with Crippen LogP contribution in [0.4, 0.5) is 0 Å². The van der Waals surface area contributed by atoms with Crippen molar-refractivity contribution in [1.82, 2.24) is 9.29 Å². The minimum atomic E-state index is -3.56. The zero-order valence-electron chi connectivity index (χ0n) is 8.88. The van der Waals surface area contributed by atoms with Crippen molar-refractivity contribution in [2.24, 2.45) is 0 Å². The van der Waals surface area contributed by atoms with Gasteiger partial charge in [0.15, 0.2) is 0 Å². The van der Waals surface area contributed by atoms with E-state index in [1.165, 1.54) is 18.5 Å². The van der Waals surface area contributed by atoms with E-state index in [2.05, 4.69) is 4.98 Å². The van der Waals surface area contributed by atoms with Crippen molar-refractivity contribution < 1.29 is 18.3 Å². The van der Waals surface area contributed by atoms with E-state index >= 15 is 0 Å². The van der Waals surface area contributed by atoms with Crippen LogP contribution in [-0.4, -0.2) is 41.9 Å². The fourth-order valence-corrected chi connectivity index (χ4v) is 2.71. The molecule has 1 aromatic heterocycles. The topological polar surface area (TPSA) is 90.5 Å². The van der Waals surface area contributed by atoms with E-state index in [9.17, 15) is 13.2 Å². The number of sulfonamides is 1. The van der Waals surface area contributed by atoms with Gasteiger partial charge in [0.25, 0.3) is 0 Å². The van der Waals surface area contributed by atoms with Crippen molar-refractivity contribution in [3.05, 3.63) is 18.5 Å². The summed E-state index contributed by atoms with van der Waals surface area (Å²) in [5.41, 5.74) is 0. The van der Waals surface area contributed by atoms with Crippen LogP contribution in [0.25, 0.3) is 0 Å². The van der Waals surface area contributed by atoms with E-state index in [1.54, 1.807) is 6.92 Å². The van der Waals surface area contributed by atoms with Crippen molar-refractivity contribution in [3.8, 4) is 0 Å². The Bertz CT molecular complexity index is 438. The first-order chi connectivity index (χ1) is 7.48. The first-order valence-electron chi connectivity index (χ1n) is 4.83. The van der Waals surface area contributed by atoms with Gasteiger partial charge in [-0.3, -0.25) is 4.79 Å². The number of carboxylic acids is 1. The molecule has 16 heavy (non-hydrogen) atoms. The minimum Gasteiger partial charge on any atom is -0.481 e. The molecule has 1 aromatic rings. The second-order valence-corrected chi connectivity index (χ2v) is 5.13. The molecule has 1 heterocycles. The van der Waals surface area contributed by atoms with Gasteiger partial charge in [-0.15, -0.1) is 0 Å². The van der Waals surface area contributed by atoms with Crippen molar-refractivity contribution in [3.63, 3.8) is 0 Å². The van der Waals surface area contributed by atoms with Gasteiger partial charge in [0, 0.05) is 25.5 Å². The number of carbonyl (C=O) groups is 1. The van der Waals surface area contributed by atoms with Crippen LogP contribution in [0, 0.1) is 0 Å². The van der Waals surface area contributed by atoms with Crippen LogP contribution < -0.4 is 0 Å². The zero-order chi connectivity index (χ0) is 12.2. The molecule has 0 aromatic carbocycles. The van der Waals surface area contributed by atoms with Gasteiger partial charge in [0.1, 0.15) is 0 Å². The number of aliphatic carboxylic acids is 1. The molecule has 0 bridgehead atoms. The van der Waals surface area contributed by atoms with E-state index in [1.807, 2.05) is 0 Å². The average Bonchev–Trinajstić information content (AvgIpc) is 2.70. The highest BCUT2D eigenvalue weighted by molar-refractivity contribution is 7.89. The van der Waals surface area contributed by atoms with Gasteiger partial charge >= 0.3 is 5.97 Å². The van der Waals surface area contributed by atoms with Crippen molar-refractivity contribution in [2.75, 3.05) is 13.1 Å². The van der Waals surface area contributed by atoms with Gasteiger partial charge in [-0.1, -0.05) is 6.92 Å². The summed E-state index contributed by atoms with van der Waals surface area (Å²) in [6.45, 7) is 1.91. The van der Waals surface area contributed by atoms with Crippen LogP contribution in [-0.2, 0) is 14.8 Å². The number of rotatable bonds is 6. The first-order valence-corrected chi connectivity index (χ1v) is 6.27. The molecule has 0 fully saturated rings. The summed E-state index contributed by atoms with van der Waals surface area (Å²) < 4.78 is 25.0. The summed E-state index contributed by atoms with van der Waals surface area (Å²) in [7, 11) is -3.56. The largest absolute Gasteiger partial charge is 0.481 e. The molecule has 0 spiro atoms. The van der Waals surface area contributed by atoms with Crippen molar-refractivity contribution >= 4 is 16.0 Å². The molecule has 0 aliphatic rings. The first kappa shape index (κ1) is 12.7. The fraction of sp³-hybridized carbons (Fsp3) is 0.444. The van der Waals surface area contributed by atoms with Crippen LogP contribution in [0.1, 0.15) is 13.3 Å². The SMILES string of the molecule is CCN(CCC(=O)O)S(=O)(=O)c1cc[nH]c1. The Hall–Kier alpha value is -1.34. The lowest BCUT2D eigenvalue weighted by Crippen LogP contribution is -2.32. The highest BCUT2D eigenvalue weighted by Crippen LogP contribution is 2.14. The molecule has 2 N–H and O–H groups in total. The van der Waals surface area contributed by atoms with E-state index in [4.69, 9.17) is 5.11 Å². The predicted octanol–water partition coefficient (Wildman–Crippen LogP) is 0.500. The predicted molar refractivity (Wildman–Crippen MR) is 57.5 cm³/mol. The summed E-state index contributed by atoms with van der Waals surface area (Å²) in [4.78, 5) is 13.2. The second-order valence-electron chi connectivity index (χ2n) is 3.19. The van der Waals surface area contributed by atoms with Gasteiger partial charge < -0.3 is 10.1 Å². The summed E-state index contributed by atoms with van der Waals surface area (Å²) >= 11 is 0. The van der Waals surface area contributed by atoms with Gasteiger partial charge in [0.05, 0.1) is 11.3 Å². The molecule has 0 amide bonds. The lowest BCUT2D eigenvalue weighted by Gasteiger charge is -2.18. The Morgan fingerprint density at radius 2 is 2.25 bits per heavy atom. The standard InChI is InChI=1S/C9H14N2O4S/c1-2-11(6-4-9(12)13)16(14,15)8-3-5-10-7-8/h3,5,7,10H,2,4,6H2,1H3,(H,12,13). The van der Waals surface area contributed by atoms with Crippen LogP contribution in [0.15, 0.2) is 23.4 Å². The third-order valence-corrected chi connectivity index (χ3v) is 4.11. The van der Waals surface area contributed by atoms with Crippen LogP contribution >= 0.6 is 0 Å². The number of nitrogens with zero attached hydrogens (tertiary/aromatic N) is 1. The maximum atomic E-state index is 12.0. The van der Waals surface area contributed by atoms with Crippen LogP contribution in [0.3, 0.4) is 0 Å². The van der Waals surface area contributed by atoms with E-state index < -0.39 is 16.0 Å². The third kappa shape index (κ3) is 2.83. The second kappa shape index (κ2) is 5.13. The zero-order valence-corrected chi connectivity index (χ0v) is 9.70. The smallest absolute Gasteiger partial charge is 0.304 e. The van der Waals surface area contributed by atoms with Gasteiger partial charge in [0.2, 0.25) is 10.0 Å². The maximum Gasteiger partial charge on any atom is 0.304 e. The van der Waals surface area contributed by atoms with Gasteiger partial charge in [-0.05, 0) is 6.07 Å². The summed E-state index contributed by atoms with van der Waals surface area (Å²) in [6, 6.07) is 1.44. The Balaban J connectivity index is 2.84. The number of nitrogens with one attached hydrogen (secondary N) is 1. The van der Waals surface area contributed by atoms with Crippen molar-refractivity contribution in [1.29, 1.82) is 0 Å². The normalized spacial score (nSPS) is 11.9. The molecular formula is C9H14N2O4S. The molecule has 7 heteroatoms. The number of aromatic amines is 1. The summed E-state index contributed by atoms with van der Waals surface area (Å²) in [6.07, 6.45) is 2.69. The lowest BCUT2D eigenvalue weighted by atomic mass is 10.4. The molecule has 0 unspecified atom stereocenters. The molecule has 0 aliphatic heterocycles. The third-order valence-electron chi connectivity index (χ3n) is 2.13. The average molecular weight is 246 g/mol. The molecule has 0 aliphatic carbocycles. The number of carboxylic acid groups (broad SMARTS) is 1. The molecule has 90 valence electrons. The maximum absolute atomic E-state index is 12.0. The Morgan fingerprint density at radius 1 is 1.56 bits per heavy atom. The number of H-pyrrole nitrogens is 1. The van der Waals surface area contributed by atoms with Crippen molar-refractivity contribution in [2.45, 2.75) is 18.2 Å². The van der Waals surface area contributed by atoms with E-state index in [-0.39, 0.29) is 24.4 Å². The van der Waals surface area contributed by atoms with Crippen LogP contribution in [0.5, 0.6) is 0 Å². The Labute approximate surface area is 93.9 Å². The molecule has 0 atom stereocenters. The Morgan fingerprint density at radius 3 is 2.69 bits per heavy atom. The Kier molecular flexibility index (Phi) is 4.08. The van der Waals surface area contributed by atoms with Gasteiger partial charge in [-0.25, -0.2) is 8.42 Å². The lowest BCUT2D eigenvalue weighted by molar-refractivity contribution is -0.137. The quantitative estimate of drug-likeness (QED) is 0.764. The minimum absolute atomic E-state index is 0.0145. The monoisotopic (exact) mass is 246 g/mol. The van der Waals surface area contributed by atoms with Gasteiger partial charge in [-0.2, -0.15) is 4.31 Å². The molecule has 0 radical (unpaired) electrons. The molecule has 1 rings (SSSR count). The number of hydrogen-bond acceptors (Lipinski definition) is 3. The van der Waals surface area contributed by atoms with E-state index in [0.717, 1.165) is 4.31 Å². The molecule has 6 nitrogen and oxygen atoms in total. The molecule has 0 saturated carbocycles. The summed E-state index contributed by atoms with van der Waals surface area (Å²) in [5, 5.41) is 8.53. The molecular weight excluding hydrogens is 232 g/mol. The number of hydrogen-bond donors (Lipinski definition) is 2. The van der Waals surface area contributed by atoms with Crippen LogP contribution in [0.2, 0.25) is 0 Å².